The molecule has 0 bridgehead atoms. The third kappa shape index (κ3) is 3.02. The highest BCUT2D eigenvalue weighted by Gasteiger charge is 2.11. The third-order valence-electron chi connectivity index (χ3n) is 3.61. The van der Waals surface area contributed by atoms with Crippen molar-refractivity contribution in [3.8, 4) is 16.5 Å². The summed E-state index contributed by atoms with van der Waals surface area (Å²) in [7, 11) is 0. The maximum atomic E-state index is 5.57. The van der Waals surface area contributed by atoms with Crippen molar-refractivity contribution < 1.29 is 4.42 Å². The van der Waals surface area contributed by atoms with Gasteiger partial charge in [0.2, 0.25) is 5.89 Å². The minimum atomic E-state index is 0.683. The predicted molar refractivity (Wildman–Crippen MR) is 97.7 cm³/mol. The van der Waals surface area contributed by atoms with Gasteiger partial charge in [0.15, 0.2) is 5.16 Å². The van der Waals surface area contributed by atoms with Gasteiger partial charge in [-0.2, -0.15) is 0 Å². The van der Waals surface area contributed by atoms with Crippen molar-refractivity contribution in [3.63, 3.8) is 0 Å². The predicted octanol–water partition coefficient (Wildman–Crippen LogP) is 5.19. The molecule has 0 saturated heterocycles. The topological polar surface area (TPSA) is 43.9 Å². The number of hydrogen-bond donors (Lipinski definition) is 0. The van der Waals surface area contributed by atoms with Crippen LogP contribution in [0.3, 0.4) is 0 Å². The molecule has 6 heteroatoms. The molecule has 0 aliphatic heterocycles. The monoisotopic (exact) mass is 353 g/mol. The van der Waals surface area contributed by atoms with E-state index in [0.717, 1.165) is 27.2 Å². The number of aryl methyl sites for hydroxylation is 1. The van der Waals surface area contributed by atoms with E-state index in [4.69, 9.17) is 4.42 Å². The van der Waals surface area contributed by atoms with Crippen LogP contribution in [0.25, 0.3) is 16.5 Å². The molecule has 0 N–H and O–H groups in total. The molecule has 24 heavy (non-hydrogen) atoms. The lowest BCUT2D eigenvalue weighted by Crippen LogP contribution is -1.97. The zero-order valence-corrected chi connectivity index (χ0v) is 14.7. The van der Waals surface area contributed by atoms with Gasteiger partial charge in [0.05, 0.1) is 16.3 Å². The van der Waals surface area contributed by atoms with Crippen molar-refractivity contribution in [2.24, 2.45) is 0 Å². The lowest BCUT2D eigenvalue weighted by Gasteiger charge is -2.09. The Labute approximate surface area is 148 Å². The van der Waals surface area contributed by atoms with Crippen LogP contribution in [0.4, 0.5) is 0 Å². The molecule has 4 nitrogen and oxygen atoms in total. The van der Waals surface area contributed by atoms with Crippen molar-refractivity contribution in [2.45, 2.75) is 17.8 Å². The average Bonchev–Trinajstić information content (AvgIpc) is 3.34. The largest absolute Gasteiger partial charge is 0.444 e. The van der Waals surface area contributed by atoms with Crippen LogP contribution in [0.1, 0.15) is 11.3 Å². The SMILES string of the molecule is Cc1ccccc1-n1ccnc1SCc1coc(-c2cccs2)n1. The summed E-state index contributed by atoms with van der Waals surface area (Å²) in [4.78, 5) is 10.1. The summed E-state index contributed by atoms with van der Waals surface area (Å²) in [5, 5.41) is 2.97. The minimum absolute atomic E-state index is 0.683. The van der Waals surface area contributed by atoms with Crippen LogP contribution in [0, 0.1) is 6.92 Å². The second kappa shape index (κ2) is 6.67. The quantitative estimate of drug-likeness (QED) is 0.463. The van der Waals surface area contributed by atoms with E-state index < -0.39 is 0 Å². The van der Waals surface area contributed by atoms with E-state index in [2.05, 4.69) is 33.6 Å². The fourth-order valence-electron chi connectivity index (χ4n) is 2.44. The number of thioether (sulfide) groups is 1. The number of aromatic nitrogens is 3. The fraction of sp³-hybridized carbons (Fsp3) is 0.111. The molecule has 1 aromatic carbocycles. The number of nitrogens with zero attached hydrogens (tertiary/aromatic N) is 3. The Hall–Kier alpha value is -2.31. The van der Waals surface area contributed by atoms with Crippen molar-refractivity contribution in [1.29, 1.82) is 0 Å². The maximum Gasteiger partial charge on any atom is 0.236 e. The van der Waals surface area contributed by atoms with Crippen LogP contribution < -0.4 is 0 Å². The third-order valence-corrected chi connectivity index (χ3v) is 5.47. The molecule has 4 aromatic rings. The van der Waals surface area contributed by atoms with Crippen molar-refractivity contribution >= 4 is 23.1 Å². The van der Waals surface area contributed by atoms with Crippen molar-refractivity contribution in [3.05, 3.63) is 71.7 Å². The molecule has 0 unspecified atom stereocenters. The zero-order chi connectivity index (χ0) is 16.4. The molecule has 0 fully saturated rings. The molecule has 0 saturated carbocycles. The molecule has 0 amide bonds. The van der Waals surface area contributed by atoms with E-state index in [0.29, 0.717) is 5.89 Å². The van der Waals surface area contributed by atoms with Gasteiger partial charge in [-0.25, -0.2) is 9.97 Å². The van der Waals surface area contributed by atoms with E-state index in [1.165, 1.54) is 5.56 Å². The average molecular weight is 353 g/mol. The van der Waals surface area contributed by atoms with E-state index in [1.54, 1.807) is 29.4 Å². The number of thiophene rings is 1. The number of imidazole rings is 1. The summed E-state index contributed by atoms with van der Waals surface area (Å²) in [6.07, 6.45) is 5.54. The van der Waals surface area contributed by atoms with Gasteiger partial charge < -0.3 is 4.42 Å². The molecule has 120 valence electrons. The van der Waals surface area contributed by atoms with Gasteiger partial charge in [-0.3, -0.25) is 4.57 Å². The van der Waals surface area contributed by atoms with Gasteiger partial charge in [-0.1, -0.05) is 36.0 Å². The van der Waals surface area contributed by atoms with Crippen molar-refractivity contribution in [1.82, 2.24) is 14.5 Å². The van der Waals surface area contributed by atoms with Crippen LogP contribution in [0.5, 0.6) is 0 Å². The number of oxazole rings is 1. The molecule has 0 spiro atoms. The van der Waals surface area contributed by atoms with Crippen molar-refractivity contribution in [2.75, 3.05) is 0 Å². The highest BCUT2D eigenvalue weighted by Crippen LogP contribution is 2.28. The Balaban J connectivity index is 1.52. The highest BCUT2D eigenvalue weighted by molar-refractivity contribution is 7.98. The van der Waals surface area contributed by atoms with E-state index in [9.17, 15) is 0 Å². The van der Waals surface area contributed by atoms with Crippen LogP contribution in [0.2, 0.25) is 0 Å². The van der Waals surface area contributed by atoms with Gasteiger partial charge in [0.1, 0.15) is 6.26 Å². The molecule has 0 radical (unpaired) electrons. The van der Waals surface area contributed by atoms with Crippen LogP contribution in [0.15, 0.2) is 70.0 Å². The summed E-state index contributed by atoms with van der Waals surface area (Å²) < 4.78 is 7.68. The maximum absolute atomic E-state index is 5.57. The number of hydrogen-bond acceptors (Lipinski definition) is 5. The zero-order valence-electron chi connectivity index (χ0n) is 13.0. The van der Waals surface area contributed by atoms with Crippen LogP contribution in [-0.2, 0) is 5.75 Å². The van der Waals surface area contributed by atoms with Gasteiger partial charge in [0.25, 0.3) is 0 Å². The Morgan fingerprint density at radius 1 is 1.21 bits per heavy atom. The Bertz CT molecular complexity index is 941. The second-order valence-electron chi connectivity index (χ2n) is 5.28. The van der Waals surface area contributed by atoms with Gasteiger partial charge >= 0.3 is 0 Å². The summed E-state index contributed by atoms with van der Waals surface area (Å²) in [6.45, 7) is 2.11. The second-order valence-corrected chi connectivity index (χ2v) is 7.17. The highest BCUT2D eigenvalue weighted by atomic mass is 32.2. The first kappa shape index (κ1) is 15.2. The van der Waals surface area contributed by atoms with Crippen LogP contribution >= 0.6 is 23.1 Å². The molecule has 0 aliphatic rings. The Kier molecular flexibility index (Phi) is 4.23. The van der Waals surface area contributed by atoms with Gasteiger partial charge in [0, 0.05) is 18.1 Å². The lowest BCUT2D eigenvalue weighted by molar-refractivity contribution is 0.575. The first-order valence-corrected chi connectivity index (χ1v) is 9.38. The fourth-order valence-corrected chi connectivity index (χ4v) is 3.94. The first-order chi connectivity index (χ1) is 11.8. The molecule has 4 rings (SSSR count). The van der Waals surface area contributed by atoms with Crippen LogP contribution in [-0.4, -0.2) is 14.5 Å². The lowest BCUT2D eigenvalue weighted by atomic mass is 10.2. The standard InChI is InChI=1S/C18H15N3OS2/c1-13-5-2-3-6-15(13)21-9-8-19-18(21)24-12-14-11-22-17(20-14)16-7-4-10-23-16/h2-11H,12H2,1H3. The Morgan fingerprint density at radius 3 is 2.96 bits per heavy atom. The summed E-state index contributed by atoms with van der Waals surface area (Å²) in [5.74, 6) is 1.40. The first-order valence-electron chi connectivity index (χ1n) is 7.52. The molecule has 3 heterocycles. The summed E-state index contributed by atoms with van der Waals surface area (Å²) in [5.41, 5.74) is 3.29. The molecular formula is C18H15N3OS2. The van der Waals surface area contributed by atoms with E-state index in [-0.39, 0.29) is 0 Å². The van der Waals surface area contributed by atoms with E-state index >= 15 is 0 Å². The smallest absolute Gasteiger partial charge is 0.236 e. The number of rotatable bonds is 5. The molecule has 0 atom stereocenters. The molecule has 3 aromatic heterocycles. The molecular weight excluding hydrogens is 338 g/mol. The Morgan fingerprint density at radius 2 is 2.12 bits per heavy atom. The number of benzene rings is 1. The van der Waals surface area contributed by atoms with Gasteiger partial charge in [-0.05, 0) is 30.0 Å². The van der Waals surface area contributed by atoms with E-state index in [1.807, 2.05) is 42.0 Å². The summed E-state index contributed by atoms with van der Waals surface area (Å²) in [6, 6.07) is 12.3. The normalized spacial score (nSPS) is 11.0. The minimum Gasteiger partial charge on any atom is -0.444 e. The van der Waals surface area contributed by atoms with Gasteiger partial charge in [-0.15, -0.1) is 11.3 Å². The molecule has 0 aliphatic carbocycles. The number of para-hydroxylation sites is 1. The summed E-state index contributed by atoms with van der Waals surface area (Å²) >= 11 is 3.28.